The lowest BCUT2D eigenvalue weighted by molar-refractivity contribution is 0.231. The van der Waals surface area contributed by atoms with Gasteiger partial charge in [0.15, 0.2) is 0 Å². The van der Waals surface area contributed by atoms with E-state index < -0.39 is 0 Å². The van der Waals surface area contributed by atoms with Crippen LogP contribution in [0.1, 0.15) is 85.0 Å². The third kappa shape index (κ3) is 15.2. The van der Waals surface area contributed by atoms with Crippen molar-refractivity contribution in [3.63, 3.8) is 0 Å². The van der Waals surface area contributed by atoms with E-state index in [0.29, 0.717) is 0 Å². The van der Waals surface area contributed by atoms with Gasteiger partial charge in [0.25, 0.3) is 0 Å². The van der Waals surface area contributed by atoms with E-state index in [2.05, 4.69) is 30.6 Å². The van der Waals surface area contributed by atoms with Crippen LogP contribution in [0.2, 0.25) is 0 Å². The number of hydrogen-bond acceptors (Lipinski definition) is 3. The zero-order chi connectivity index (χ0) is 17.2. The lowest BCUT2D eigenvalue weighted by Crippen LogP contribution is -2.32. The second kappa shape index (κ2) is 18.2. The molecular weight excluding hydrogens is 282 g/mol. The Balaban J connectivity index is 3.70. The van der Waals surface area contributed by atoms with Gasteiger partial charge in [0.1, 0.15) is 0 Å². The van der Waals surface area contributed by atoms with Crippen LogP contribution in [-0.4, -0.2) is 55.6 Å². The van der Waals surface area contributed by atoms with E-state index in [9.17, 15) is 0 Å². The van der Waals surface area contributed by atoms with Crippen LogP contribution in [0.5, 0.6) is 0 Å². The third-order valence-electron chi connectivity index (χ3n) is 4.85. The summed E-state index contributed by atoms with van der Waals surface area (Å²) in [6.45, 7) is 14.9. The molecule has 0 radical (unpaired) electrons. The predicted molar refractivity (Wildman–Crippen MR) is 105 cm³/mol. The van der Waals surface area contributed by atoms with E-state index >= 15 is 0 Å². The highest BCUT2D eigenvalue weighted by Gasteiger charge is 2.06. The second-order valence-electron chi connectivity index (χ2n) is 6.84. The molecule has 23 heavy (non-hydrogen) atoms. The molecule has 0 aromatic carbocycles. The molecule has 3 heteroatoms. The SMILES string of the molecule is CCCCCCCCCCN(CCCN)CCCN(CC)CC. The molecule has 0 aliphatic rings. The first-order valence-electron chi connectivity index (χ1n) is 10.4. The van der Waals surface area contributed by atoms with Crippen molar-refractivity contribution in [1.29, 1.82) is 0 Å². The van der Waals surface area contributed by atoms with Crippen molar-refractivity contribution in [2.24, 2.45) is 5.73 Å². The van der Waals surface area contributed by atoms with Crippen molar-refractivity contribution in [2.45, 2.75) is 85.0 Å². The average Bonchev–Trinajstić information content (AvgIpc) is 2.58. The van der Waals surface area contributed by atoms with Crippen LogP contribution in [0.25, 0.3) is 0 Å². The van der Waals surface area contributed by atoms with Gasteiger partial charge in [-0.1, -0.05) is 65.7 Å². The van der Waals surface area contributed by atoms with Crippen LogP contribution in [-0.2, 0) is 0 Å². The number of hydrogen-bond donors (Lipinski definition) is 1. The fourth-order valence-electron chi connectivity index (χ4n) is 3.18. The van der Waals surface area contributed by atoms with Crippen LogP contribution in [0, 0.1) is 0 Å². The minimum Gasteiger partial charge on any atom is -0.330 e. The molecule has 0 fully saturated rings. The summed E-state index contributed by atoms with van der Waals surface area (Å²) >= 11 is 0. The van der Waals surface area contributed by atoms with E-state index in [1.54, 1.807) is 0 Å². The Bertz CT molecular complexity index is 217. The van der Waals surface area contributed by atoms with Gasteiger partial charge in [-0.2, -0.15) is 0 Å². The molecule has 0 saturated heterocycles. The molecular formula is C20H45N3. The van der Waals surface area contributed by atoms with Crippen molar-refractivity contribution in [3.05, 3.63) is 0 Å². The first kappa shape index (κ1) is 22.9. The summed E-state index contributed by atoms with van der Waals surface area (Å²) < 4.78 is 0. The highest BCUT2D eigenvalue weighted by molar-refractivity contribution is 4.62. The molecule has 0 unspecified atom stereocenters. The van der Waals surface area contributed by atoms with Crippen LogP contribution < -0.4 is 5.73 Å². The quantitative estimate of drug-likeness (QED) is 0.376. The fourth-order valence-corrected chi connectivity index (χ4v) is 3.18. The Morgan fingerprint density at radius 2 is 1.00 bits per heavy atom. The van der Waals surface area contributed by atoms with Crippen LogP contribution in [0.15, 0.2) is 0 Å². The Labute approximate surface area is 147 Å². The smallest absolute Gasteiger partial charge is 0.000654 e. The maximum absolute atomic E-state index is 5.70. The minimum absolute atomic E-state index is 0.823. The Hall–Kier alpha value is -0.120. The molecule has 2 N–H and O–H groups in total. The number of unbranched alkanes of at least 4 members (excludes halogenated alkanes) is 7. The van der Waals surface area contributed by atoms with Gasteiger partial charge in [0.05, 0.1) is 0 Å². The van der Waals surface area contributed by atoms with E-state index in [1.165, 1.54) is 97.1 Å². The monoisotopic (exact) mass is 327 g/mol. The van der Waals surface area contributed by atoms with Gasteiger partial charge in [-0.05, 0) is 65.1 Å². The van der Waals surface area contributed by atoms with Gasteiger partial charge in [0.2, 0.25) is 0 Å². The van der Waals surface area contributed by atoms with E-state index in [4.69, 9.17) is 5.73 Å². The maximum atomic E-state index is 5.70. The highest BCUT2D eigenvalue weighted by Crippen LogP contribution is 2.09. The topological polar surface area (TPSA) is 32.5 Å². The molecule has 0 aromatic heterocycles. The summed E-state index contributed by atoms with van der Waals surface area (Å²) in [4.78, 5) is 5.17. The van der Waals surface area contributed by atoms with Crippen molar-refractivity contribution in [3.8, 4) is 0 Å². The second-order valence-corrected chi connectivity index (χ2v) is 6.84. The summed E-state index contributed by atoms with van der Waals surface area (Å²) in [5.41, 5.74) is 5.70. The minimum atomic E-state index is 0.823. The predicted octanol–water partition coefficient (Wildman–Crippen LogP) is 4.51. The third-order valence-corrected chi connectivity index (χ3v) is 4.85. The lowest BCUT2D eigenvalue weighted by Gasteiger charge is -2.24. The zero-order valence-electron chi connectivity index (χ0n) is 16.5. The molecule has 0 spiro atoms. The summed E-state index contributed by atoms with van der Waals surface area (Å²) in [7, 11) is 0. The molecule has 0 saturated carbocycles. The first-order chi connectivity index (χ1) is 11.3. The molecule has 0 aliphatic heterocycles. The van der Waals surface area contributed by atoms with Gasteiger partial charge < -0.3 is 15.5 Å². The zero-order valence-corrected chi connectivity index (χ0v) is 16.5. The molecule has 0 rings (SSSR count). The normalized spacial score (nSPS) is 11.7. The van der Waals surface area contributed by atoms with Crippen LogP contribution in [0.3, 0.4) is 0 Å². The van der Waals surface area contributed by atoms with Crippen LogP contribution >= 0.6 is 0 Å². The molecule has 0 atom stereocenters. The molecule has 3 nitrogen and oxygen atoms in total. The van der Waals surface area contributed by atoms with Gasteiger partial charge in [-0.3, -0.25) is 0 Å². The summed E-state index contributed by atoms with van der Waals surface area (Å²) in [6, 6.07) is 0. The molecule has 0 aromatic rings. The highest BCUT2D eigenvalue weighted by atomic mass is 15.1. The van der Waals surface area contributed by atoms with Crippen molar-refractivity contribution >= 4 is 0 Å². The van der Waals surface area contributed by atoms with Gasteiger partial charge in [-0.15, -0.1) is 0 Å². The maximum Gasteiger partial charge on any atom is -0.000654 e. The molecule has 0 heterocycles. The molecule has 0 amide bonds. The first-order valence-corrected chi connectivity index (χ1v) is 10.4. The average molecular weight is 328 g/mol. The fraction of sp³-hybridized carbons (Fsp3) is 1.00. The lowest BCUT2D eigenvalue weighted by atomic mass is 10.1. The van der Waals surface area contributed by atoms with Gasteiger partial charge in [0, 0.05) is 0 Å². The van der Waals surface area contributed by atoms with E-state index in [-0.39, 0.29) is 0 Å². The van der Waals surface area contributed by atoms with E-state index in [1.807, 2.05) is 0 Å². The van der Waals surface area contributed by atoms with Crippen LogP contribution in [0.4, 0.5) is 0 Å². The molecule has 140 valence electrons. The Morgan fingerprint density at radius 1 is 0.522 bits per heavy atom. The molecule has 0 bridgehead atoms. The van der Waals surface area contributed by atoms with Gasteiger partial charge in [-0.25, -0.2) is 0 Å². The number of nitrogens with zero attached hydrogens (tertiary/aromatic N) is 2. The van der Waals surface area contributed by atoms with Crippen molar-refractivity contribution < 1.29 is 0 Å². The van der Waals surface area contributed by atoms with Crippen molar-refractivity contribution in [1.82, 2.24) is 9.80 Å². The van der Waals surface area contributed by atoms with Gasteiger partial charge >= 0.3 is 0 Å². The standard InChI is InChI=1S/C20H45N3/c1-4-7-8-9-10-11-12-13-17-23(18-14-16-21)20-15-19-22(5-2)6-3/h4-21H2,1-3H3. The molecule has 0 aliphatic carbocycles. The largest absolute Gasteiger partial charge is 0.330 e. The Kier molecular flexibility index (Phi) is 18.1. The number of nitrogens with two attached hydrogens (primary N) is 1. The summed E-state index contributed by atoms with van der Waals surface area (Å²) in [6.07, 6.45) is 13.7. The summed E-state index contributed by atoms with van der Waals surface area (Å²) in [5.74, 6) is 0. The van der Waals surface area contributed by atoms with Crippen molar-refractivity contribution in [2.75, 3.05) is 45.8 Å². The summed E-state index contributed by atoms with van der Waals surface area (Å²) in [5, 5.41) is 0. The van der Waals surface area contributed by atoms with E-state index in [0.717, 1.165) is 13.0 Å². The Morgan fingerprint density at radius 3 is 1.57 bits per heavy atom. The number of rotatable bonds is 18.